The van der Waals surface area contributed by atoms with E-state index in [1.54, 1.807) is 13.3 Å². The van der Waals surface area contributed by atoms with Gasteiger partial charge in [0.15, 0.2) is 5.75 Å². The summed E-state index contributed by atoms with van der Waals surface area (Å²) in [5, 5.41) is 4.29. The molecule has 0 aliphatic carbocycles. The molecule has 1 aromatic heterocycles. The fraction of sp³-hybridized carbons (Fsp3) is 0.727. The predicted molar refractivity (Wildman–Crippen MR) is 61.1 cm³/mol. The lowest BCUT2D eigenvalue weighted by Crippen LogP contribution is -2.20. The highest BCUT2D eigenvalue weighted by molar-refractivity contribution is 5.28. The Labute approximate surface area is 91.4 Å². The molecule has 0 spiro atoms. The van der Waals surface area contributed by atoms with Crippen molar-refractivity contribution in [1.82, 2.24) is 9.78 Å². The lowest BCUT2D eigenvalue weighted by Gasteiger charge is -2.20. The molecule has 0 bridgehead atoms. The summed E-state index contributed by atoms with van der Waals surface area (Å²) in [5.41, 5.74) is 6.84. The van der Waals surface area contributed by atoms with Gasteiger partial charge in [0.2, 0.25) is 0 Å². The Morgan fingerprint density at radius 2 is 2.20 bits per heavy atom. The number of aryl methyl sites for hydroxylation is 1. The SMILES string of the molecule is CCn1ncc(OC)c1C(C)C(C)CN. The van der Waals surface area contributed by atoms with Gasteiger partial charge in [-0.2, -0.15) is 5.10 Å². The van der Waals surface area contributed by atoms with Crippen LogP contribution in [0.4, 0.5) is 0 Å². The van der Waals surface area contributed by atoms with Crippen LogP contribution in [0.2, 0.25) is 0 Å². The van der Waals surface area contributed by atoms with Gasteiger partial charge in [-0.05, 0) is 19.4 Å². The molecule has 1 aromatic rings. The van der Waals surface area contributed by atoms with Crippen molar-refractivity contribution in [2.24, 2.45) is 11.7 Å². The summed E-state index contributed by atoms with van der Waals surface area (Å²) in [4.78, 5) is 0. The van der Waals surface area contributed by atoms with Crippen LogP contribution in [-0.4, -0.2) is 23.4 Å². The Hall–Kier alpha value is -1.03. The fourth-order valence-corrected chi connectivity index (χ4v) is 1.72. The van der Waals surface area contributed by atoms with E-state index in [2.05, 4.69) is 25.9 Å². The first kappa shape index (κ1) is 12.0. The van der Waals surface area contributed by atoms with Crippen LogP contribution in [0.5, 0.6) is 5.75 Å². The maximum Gasteiger partial charge on any atom is 0.160 e. The first-order valence-electron chi connectivity index (χ1n) is 5.45. The molecule has 2 atom stereocenters. The van der Waals surface area contributed by atoms with E-state index in [0.29, 0.717) is 18.4 Å². The molecule has 0 saturated carbocycles. The van der Waals surface area contributed by atoms with E-state index in [9.17, 15) is 0 Å². The van der Waals surface area contributed by atoms with Gasteiger partial charge < -0.3 is 10.5 Å². The highest BCUT2D eigenvalue weighted by Crippen LogP contribution is 2.31. The maximum absolute atomic E-state index is 5.69. The van der Waals surface area contributed by atoms with Gasteiger partial charge >= 0.3 is 0 Å². The molecule has 15 heavy (non-hydrogen) atoms. The normalized spacial score (nSPS) is 15.0. The Kier molecular flexibility index (Phi) is 4.15. The minimum atomic E-state index is 0.368. The van der Waals surface area contributed by atoms with Crippen molar-refractivity contribution >= 4 is 0 Å². The molecule has 4 heteroatoms. The van der Waals surface area contributed by atoms with Crippen LogP contribution in [0, 0.1) is 5.92 Å². The molecule has 86 valence electrons. The van der Waals surface area contributed by atoms with E-state index >= 15 is 0 Å². The van der Waals surface area contributed by atoms with Gasteiger partial charge in [0, 0.05) is 12.5 Å². The van der Waals surface area contributed by atoms with Crippen LogP contribution in [-0.2, 0) is 6.54 Å². The Morgan fingerprint density at radius 1 is 1.53 bits per heavy atom. The van der Waals surface area contributed by atoms with Gasteiger partial charge in [-0.1, -0.05) is 13.8 Å². The topological polar surface area (TPSA) is 53.1 Å². The number of hydrogen-bond donors (Lipinski definition) is 1. The number of ether oxygens (including phenoxy) is 1. The number of nitrogens with zero attached hydrogens (tertiary/aromatic N) is 2. The molecule has 1 heterocycles. The molecule has 1 rings (SSSR count). The zero-order chi connectivity index (χ0) is 11.4. The third kappa shape index (κ3) is 2.31. The summed E-state index contributed by atoms with van der Waals surface area (Å²) in [7, 11) is 1.68. The van der Waals surface area contributed by atoms with Gasteiger partial charge in [0.05, 0.1) is 19.0 Å². The van der Waals surface area contributed by atoms with Crippen LogP contribution in [0.1, 0.15) is 32.4 Å². The molecule has 2 N–H and O–H groups in total. The predicted octanol–water partition coefficient (Wildman–Crippen LogP) is 1.61. The Balaban J connectivity index is 3.03. The molecule has 0 radical (unpaired) electrons. The van der Waals surface area contributed by atoms with Crippen molar-refractivity contribution in [1.29, 1.82) is 0 Å². The molecule has 0 saturated heterocycles. The first-order valence-corrected chi connectivity index (χ1v) is 5.45. The molecule has 0 aliphatic rings. The molecule has 2 unspecified atom stereocenters. The second-order valence-electron chi connectivity index (χ2n) is 3.92. The second kappa shape index (κ2) is 5.16. The monoisotopic (exact) mass is 211 g/mol. The summed E-state index contributed by atoms with van der Waals surface area (Å²) in [6.45, 7) is 7.94. The molecule has 0 aliphatic heterocycles. The summed E-state index contributed by atoms with van der Waals surface area (Å²) < 4.78 is 7.30. The van der Waals surface area contributed by atoms with Crippen molar-refractivity contribution in [2.45, 2.75) is 33.2 Å². The number of hydrogen-bond acceptors (Lipinski definition) is 3. The third-order valence-electron chi connectivity index (χ3n) is 3.02. The summed E-state index contributed by atoms with van der Waals surface area (Å²) in [6, 6.07) is 0. The summed E-state index contributed by atoms with van der Waals surface area (Å²) >= 11 is 0. The quantitative estimate of drug-likeness (QED) is 0.805. The molecule has 0 fully saturated rings. The van der Waals surface area contributed by atoms with E-state index in [0.717, 1.165) is 18.0 Å². The zero-order valence-corrected chi connectivity index (χ0v) is 10.0. The Bertz CT molecular complexity index is 287. The zero-order valence-electron chi connectivity index (χ0n) is 10.0. The van der Waals surface area contributed by atoms with Crippen LogP contribution < -0.4 is 10.5 Å². The molecule has 0 amide bonds. The van der Waals surface area contributed by atoms with E-state index in [1.165, 1.54) is 0 Å². The smallest absolute Gasteiger partial charge is 0.160 e. The average Bonchev–Trinajstić information content (AvgIpc) is 2.69. The van der Waals surface area contributed by atoms with E-state index in [1.807, 2.05) is 4.68 Å². The highest BCUT2D eigenvalue weighted by atomic mass is 16.5. The van der Waals surface area contributed by atoms with Gasteiger partial charge in [-0.3, -0.25) is 4.68 Å². The average molecular weight is 211 g/mol. The van der Waals surface area contributed by atoms with Crippen LogP contribution in [0.3, 0.4) is 0 Å². The van der Waals surface area contributed by atoms with Crippen LogP contribution >= 0.6 is 0 Å². The lowest BCUT2D eigenvalue weighted by molar-refractivity contribution is 0.387. The molecule has 0 aromatic carbocycles. The van der Waals surface area contributed by atoms with E-state index < -0.39 is 0 Å². The van der Waals surface area contributed by atoms with Crippen molar-refractivity contribution in [3.63, 3.8) is 0 Å². The number of methoxy groups -OCH3 is 1. The molecular formula is C11H21N3O. The van der Waals surface area contributed by atoms with Crippen molar-refractivity contribution in [3.05, 3.63) is 11.9 Å². The fourth-order valence-electron chi connectivity index (χ4n) is 1.72. The first-order chi connectivity index (χ1) is 7.15. The van der Waals surface area contributed by atoms with Crippen molar-refractivity contribution < 1.29 is 4.74 Å². The standard InChI is InChI=1S/C11H21N3O/c1-5-14-11(9(3)8(2)6-12)10(15-4)7-13-14/h7-9H,5-6,12H2,1-4H3. The van der Waals surface area contributed by atoms with Gasteiger partial charge in [-0.25, -0.2) is 0 Å². The van der Waals surface area contributed by atoms with Gasteiger partial charge in [0.1, 0.15) is 0 Å². The van der Waals surface area contributed by atoms with Crippen molar-refractivity contribution in [2.75, 3.05) is 13.7 Å². The minimum Gasteiger partial charge on any atom is -0.493 e. The molecule has 4 nitrogen and oxygen atoms in total. The lowest BCUT2D eigenvalue weighted by atomic mass is 9.92. The molecular weight excluding hydrogens is 190 g/mol. The van der Waals surface area contributed by atoms with Gasteiger partial charge in [-0.15, -0.1) is 0 Å². The van der Waals surface area contributed by atoms with Crippen LogP contribution in [0.25, 0.3) is 0 Å². The van der Waals surface area contributed by atoms with E-state index in [-0.39, 0.29) is 0 Å². The summed E-state index contributed by atoms with van der Waals surface area (Å²) in [5.74, 6) is 1.66. The maximum atomic E-state index is 5.69. The number of nitrogens with two attached hydrogens (primary N) is 1. The van der Waals surface area contributed by atoms with Crippen molar-refractivity contribution in [3.8, 4) is 5.75 Å². The summed E-state index contributed by atoms with van der Waals surface area (Å²) in [6.07, 6.45) is 1.78. The Morgan fingerprint density at radius 3 is 2.67 bits per heavy atom. The minimum absolute atomic E-state index is 0.368. The number of rotatable bonds is 5. The number of aromatic nitrogens is 2. The highest BCUT2D eigenvalue weighted by Gasteiger charge is 2.21. The third-order valence-corrected chi connectivity index (χ3v) is 3.02. The van der Waals surface area contributed by atoms with E-state index in [4.69, 9.17) is 10.5 Å². The second-order valence-corrected chi connectivity index (χ2v) is 3.92. The van der Waals surface area contributed by atoms with Crippen LogP contribution in [0.15, 0.2) is 6.20 Å². The van der Waals surface area contributed by atoms with Gasteiger partial charge in [0.25, 0.3) is 0 Å². The largest absolute Gasteiger partial charge is 0.493 e.